The van der Waals surface area contributed by atoms with Crippen molar-refractivity contribution in [1.29, 1.82) is 0 Å². The SMILES string of the molecule is O=[N+]([O-])c1ccc(-c2cc3cccc(N4CCOCC4)n3c2)cc1. The second kappa shape index (κ2) is 5.98. The lowest BCUT2D eigenvalue weighted by Crippen LogP contribution is -2.37. The van der Waals surface area contributed by atoms with Crippen LogP contribution in [0.2, 0.25) is 0 Å². The highest BCUT2D eigenvalue weighted by atomic mass is 16.6. The van der Waals surface area contributed by atoms with Crippen LogP contribution in [0.3, 0.4) is 0 Å². The fraction of sp³-hybridized carbons (Fsp3) is 0.222. The number of aromatic nitrogens is 1. The molecule has 0 amide bonds. The number of pyridine rings is 1. The predicted octanol–water partition coefficient (Wildman–Crippen LogP) is 3.35. The van der Waals surface area contributed by atoms with Crippen LogP contribution in [0.15, 0.2) is 54.7 Å². The maximum atomic E-state index is 10.8. The summed E-state index contributed by atoms with van der Waals surface area (Å²) in [4.78, 5) is 12.7. The molecule has 3 heterocycles. The third-order valence-corrected chi connectivity index (χ3v) is 4.36. The highest BCUT2D eigenvalue weighted by Crippen LogP contribution is 2.28. The van der Waals surface area contributed by atoms with E-state index in [0.29, 0.717) is 0 Å². The molecule has 1 aromatic carbocycles. The van der Waals surface area contributed by atoms with Gasteiger partial charge in [0.25, 0.3) is 5.69 Å². The minimum absolute atomic E-state index is 0.108. The number of hydrogen-bond donors (Lipinski definition) is 0. The van der Waals surface area contributed by atoms with E-state index in [2.05, 4.69) is 39.8 Å². The van der Waals surface area contributed by atoms with Gasteiger partial charge in [0, 0.05) is 42.5 Å². The van der Waals surface area contributed by atoms with Crippen molar-refractivity contribution in [3.63, 3.8) is 0 Å². The molecule has 0 radical (unpaired) electrons. The fourth-order valence-corrected chi connectivity index (χ4v) is 3.10. The Kier molecular flexibility index (Phi) is 3.66. The highest BCUT2D eigenvalue weighted by Gasteiger charge is 2.15. The maximum absolute atomic E-state index is 10.8. The molecule has 0 spiro atoms. The van der Waals surface area contributed by atoms with Crippen LogP contribution in [0.4, 0.5) is 11.5 Å². The highest BCUT2D eigenvalue weighted by molar-refractivity contribution is 5.73. The number of rotatable bonds is 3. The third-order valence-electron chi connectivity index (χ3n) is 4.36. The normalized spacial score (nSPS) is 14.9. The van der Waals surface area contributed by atoms with Crippen LogP contribution in [0, 0.1) is 10.1 Å². The van der Waals surface area contributed by atoms with Gasteiger partial charge in [-0.25, -0.2) is 0 Å². The number of nitro groups is 1. The minimum Gasteiger partial charge on any atom is -0.378 e. The van der Waals surface area contributed by atoms with Crippen molar-refractivity contribution >= 4 is 17.0 Å². The molecular formula is C18H17N3O3. The van der Waals surface area contributed by atoms with Crippen molar-refractivity contribution in [2.24, 2.45) is 0 Å². The van der Waals surface area contributed by atoms with Gasteiger partial charge in [0.2, 0.25) is 0 Å². The smallest absolute Gasteiger partial charge is 0.269 e. The van der Waals surface area contributed by atoms with E-state index >= 15 is 0 Å². The van der Waals surface area contributed by atoms with Gasteiger partial charge in [0.1, 0.15) is 5.82 Å². The Bertz CT molecular complexity index is 880. The van der Waals surface area contributed by atoms with Crippen LogP contribution in [0.1, 0.15) is 0 Å². The molecule has 2 aromatic heterocycles. The lowest BCUT2D eigenvalue weighted by atomic mass is 10.1. The Morgan fingerprint density at radius 1 is 1.00 bits per heavy atom. The van der Waals surface area contributed by atoms with Gasteiger partial charge in [-0.15, -0.1) is 0 Å². The molecule has 4 rings (SSSR count). The molecule has 3 aromatic rings. The number of nitrogens with zero attached hydrogens (tertiary/aromatic N) is 3. The van der Waals surface area contributed by atoms with Crippen molar-refractivity contribution in [2.45, 2.75) is 0 Å². The number of anilines is 1. The fourth-order valence-electron chi connectivity index (χ4n) is 3.10. The second-order valence-corrected chi connectivity index (χ2v) is 5.81. The van der Waals surface area contributed by atoms with E-state index in [1.807, 2.05) is 0 Å². The van der Waals surface area contributed by atoms with E-state index in [9.17, 15) is 10.1 Å². The van der Waals surface area contributed by atoms with Crippen LogP contribution >= 0.6 is 0 Å². The van der Waals surface area contributed by atoms with E-state index < -0.39 is 0 Å². The Morgan fingerprint density at radius 3 is 2.46 bits per heavy atom. The zero-order valence-electron chi connectivity index (χ0n) is 13.1. The van der Waals surface area contributed by atoms with Gasteiger partial charge in [-0.1, -0.05) is 6.07 Å². The van der Waals surface area contributed by atoms with Gasteiger partial charge >= 0.3 is 0 Å². The standard InChI is InChI=1S/C18H17N3O3/c22-21(23)16-6-4-14(5-7-16)15-12-17-2-1-3-18(20(17)13-15)19-8-10-24-11-9-19/h1-7,12-13H,8-11H2. The van der Waals surface area contributed by atoms with E-state index in [4.69, 9.17) is 4.74 Å². The van der Waals surface area contributed by atoms with Crippen LogP contribution in [-0.4, -0.2) is 35.6 Å². The predicted molar refractivity (Wildman–Crippen MR) is 92.5 cm³/mol. The number of benzene rings is 1. The average molecular weight is 323 g/mol. The van der Waals surface area contributed by atoms with Crippen molar-refractivity contribution < 1.29 is 9.66 Å². The Labute approximate surface area is 139 Å². The van der Waals surface area contributed by atoms with Crippen LogP contribution in [-0.2, 0) is 4.74 Å². The van der Waals surface area contributed by atoms with Gasteiger partial charge < -0.3 is 14.0 Å². The molecule has 0 atom stereocenters. The summed E-state index contributed by atoms with van der Waals surface area (Å²) in [5, 5.41) is 10.8. The van der Waals surface area contributed by atoms with Gasteiger partial charge in [0.15, 0.2) is 0 Å². The summed E-state index contributed by atoms with van der Waals surface area (Å²) < 4.78 is 7.60. The number of fused-ring (bicyclic) bond motifs is 1. The van der Waals surface area contributed by atoms with E-state index in [-0.39, 0.29) is 10.6 Å². The molecule has 0 aliphatic carbocycles. The summed E-state index contributed by atoms with van der Waals surface area (Å²) in [6.07, 6.45) is 2.08. The van der Waals surface area contributed by atoms with Crippen LogP contribution < -0.4 is 4.90 Å². The molecular weight excluding hydrogens is 306 g/mol. The summed E-state index contributed by atoms with van der Waals surface area (Å²) in [6, 6.07) is 15.0. The number of ether oxygens (including phenoxy) is 1. The molecule has 1 saturated heterocycles. The first-order valence-corrected chi connectivity index (χ1v) is 7.91. The largest absolute Gasteiger partial charge is 0.378 e. The van der Waals surface area contributed by atoms with Gasteiger partial charge in [-0.3, -0.25) is 10.1 Å². The Hall–Kier alpha value is -2.86. The minimum atomic E-state index is -0.378. The first-order chi connectivity index (χ1) is 11.7. The molecule has 1 fully saturated rings. The second-order valence-electron chi connectivity index (χ2n) is 5.81. The molecule has 1 aliphatic heterocycles. The topological polar surface area (TPSA) is 60.0 Å². The van der Waals surface area contributed by atoms with E-state index in [1.54, 1.807) is 24.3 Å². The summed E-state index contributed by atoms with van der Waals surface area (Å²) in [5.74, 6) is 1.14. The number of nitro benzene ring substituents is 1. The van der Waals surface area contributed by atoms with Gasteiger partial charge in [0.05, 0.1) is 18.1 Å². The molecule has 24 heavy (non-hydrogen) atoms. The van der Waals surface area contributed by atoms with E-state index in [0.717, 1.165) is 48.8 Å². The summed E-state index contributed by atoms with van der Waals surface area (Å²) in [5.41, 5.74) is 3.23. The molecule has 0 saturated carbocycles. The van der Waals surface area contributed by atoms with Crippen molar-refractivity contribution in [3.8, 4) is 11.1 Å². The summed E-state index contributed by atoms with van der Waals surface area (Å²) >= 11 is 0. The van der Waals surface area contributed by atoms with Crippen molar-refractivity contribution in [2.75, 3.05) is 31.2 Å². The summed E-state index contributed by atoms with van der Waals surface area (Å²) in [7, 11) is 0. The molecule has 0 bridgehead atoms. The van der Waals surface area contributed by atoms with Crippen LogP contribution in [0.5, 0.6) is 0 Å². The first-order valence-electron chi connectivity index (χ1n) is 7.91. The summed E-state index contributed by atoms with van der Waals surface area (Å²) in [6.45, 7) is 3.24. The van der Waals surface area contributed by atoms with E-state index in [1.165, 1.54) is 0 Å². The van der Waals surface area contributed by atoms with Crippen LogP contribution in [0.25, 0.3) is 16.6 Å². The zero-order chi connectivity index (χ0) is 16.5. The number of morpholine rings is 1. The lowest BCUT2D eigenvalue weighted by molar-refractivity contribution is -0.384. The van der Waals surface area contributed by atoms with Gasteiger partial charge in [-0.2, -0.15) is 0 Å². The van der Waals surface area contributed by atoms with Gasteiger partial charge in [-0.05, 0) is 35.9 Å². The lowest BCUT2D eigenvalue weighted by Gasteiger charge is -2.29. The molecule has 1 aliphatic rings. The maximum Gasteiger partial charge on any atom is 0.269 e. The monoisotopic (exact) mass is 323 g/mol. The molecule has 0 N–H and O–H groups in total. The molecule has 122 valence electrons. The number of hydrogen-bond acceptors (Lipinski definition) is 4. The Balaban J connectivity index is 1.73. The number of non-ortho nitro benzene ring substituents is 1. The molecule has 6 nitrogen and oxygen atoms in total. The first kappa shape index (κ1) is 14.7. The zero-order valence-corrected chi connectivity index (χ0v) is 13.1. The quantitative estimate of drug-likeness (QED) is 0.548. The van der Waals surface area contributed by atoms with Crippen molar-refractivity contribution in [3.05, 3.63) is 64.8 Å². The third kappa shape index (κ3) is 2.61. The molecule has 6 heteroatoms. The Morgan fingerprint density at radius 2 is 1.75 bits per heavy atom. The average Bonchev–Trinajstić information content (AvgIpc) is 3.06. The molecule has 0 unspecified atom stereocenters. The van der Waals surface area contributed by atoms with Crippen molar-refractivity contribution in [1.82, 2.24) is 4.40 Å².